The first-order valence-electron chi connectivity index (χ1n) is 30.1. The Labute approximate surface area is 424 Å². The quantitative estimate of drug-likeness (QED) is 0.0243. The minimum atomic E-state index is -4.34. The summed E-state index contributed by atoms with van der Waals surface area (Å²) in [6.07, 6.45) is 63.5. The van der Waals surface area contributed by atoms with Crippen LogP contribution >= 0.6 is 7.82 Å². The van der Waals surface area contributed by atoms with Crippen LogP contribution in [-0.2, 0) is 18.4 Å². The third-order valence-electron chi connectivity index (χ3n) is 14.0. The molecule has 68 heavy (non-hydrogen) atoms. The van der Waals surface area contributed by atoms with E-state index in [4.69, 9.17) is 9.05 Å². The number of hydrogen-bond donors (Lipinski definition) is 3. The van der Waals surface area contributed by atoms with Crippen LogP contribution in [0.15, 0.2) is 12.2 Å². The number of likely N-dealkylation sites (N-methyl/N-ethyl adjacent to an activating group) is 1. The molecule has 0 aromatic rings. The first-order chi connectivity index (χ1) is 33.0. The monoisotopic (exact) mass is 984 g/mol. The van der Waals surface area contributed by atoms with Gasteiger partial charge in [-0.15, -0.1) is 0 Å². The van der Waals surface area contributed by atoms with Gasteiger partial charge in [0.2, 0.25) is 5.91 Å². The van der Waals surface area contributed by atoms with Crippen molar-refractivity contribution in [3.05, 3.63) is 12.2 Å². The van der Waals surface area contributed by atoms with Gasteiger partial charge in [-0.3, -0.25) is 13.8 Å². The van der Waals surface area contributed by atoms with E-state index in [0.717, 1.165) is 38.5 Å². The number of nitrogens with zero attached hydrogens (tertiary/aromatic N) is 1. The Kier molecular flexibility index (Phi) is 50.6. The minimum absolute atomic E-state index is 0.0647. The summed E-state index contributed by atoms with van der Waals surface area (Å²) in [6.45, 7) is 4.84. The van der Waals surface area contributed by atoms with Crippen molar-refractivity contribution in [3.8, 4) is 0 Å². The molecule has 0 bridgehead atoms. The number of phosphoric ester groups is 1. The van der Waals surface area contributed by atoms with Gasteiger partial charge in [-0.25, -0.2) is 4.57 Å². The molecule has 3 atom stereocenters. The number of amides is 1. The number of quaternary nitrogens is 1. The van der Waals surface area contributed by atoms with E-state index < -0.39 is 20.0 Å². The van der Waals surface area contributed by atoms with Gasteiger partial charge in [0.1, 0.15) is 13.2 Å². The molecular formula is C59H120N2O6P+. The lowest BCUT2D eigenvalue weighted by atomic mass is 10.0. The summed E-state index contributed by atoms with van der Waals surface area (Å²) in [6, 6.07) is -0.840. The first kappa shape index (κ1) is 67.2. The molecule has 0 aromatic carbocycles. The van der Waals surface area contributed by atoms with Gasteiger partial charge in [0.05, 0.1) is 39.9 Å². The van der Waals surface area contributed by atoms with Gasteiger partial charge >= 0.3 is 7.82 Å². The minimum Gasteiger partial charge on any atom is -0.387 e. The molecular weight excluding hydrogens is 864 g/mol. The van der Waals surface area contributed by atoms with Crippen LogP contribution in [0, 0.1) is 0 Å². The van der Waals surface area contributed by atoms with E-state index in [-0.39, 0.29) is 19.1 Å². The second-order valence-electron chi connectivity index (χ2n) is 22.1. The summed E-state index contributed by atoms with van der Waals surface area (Å²) in [5.74, 6) is -0.172. The number of carbonyl (C=O) groups is 1. The van der Waals surface area contributed by atoms with Crippen molar-refractivity contribution in [2.24, 2.45) is 0 Å². The molecule has 0 saturated heterocycles. The van der Waals surface area contributed by atoms with Crippen molar-refractivity contribution in [2.75, 3.05) is 40.9 Å². The maximum atomic E-state index is 12.9. The zero-order valence-corrected chi connectivity index (χ0v) is 47.3. The highest BCUT2D eigenvalue weighted by atomic mass is 31.2. The molecule has 406 valence electrons. The van der Waals surface area contributed by atoms with Crippen molar-refractivity contribution >= 4 is 13.7 Å². The van der Waals surface area contributed by atoms with Crippen LogP contribution in [0.25, 0.3) is 0 Å². The Morgan fingerprint density at radius 1 is 0.485 bits per heavy atom. The van der Waals surface area contributed by atoms with Crippen LogP contribution in [0.3, 0.4) is 0 Å². The summed E-state index contributed by atoms with van der Waals surface area (Å²) < 4.78 is 23.6. The van der Waals surface area contributed by atoms with E-state index >= 15 is 0 Å². The molecule has 0 aliphatic heterocycles. The van der Waals surface area contributed by atoms with Crippen LogP contribution in [0.1, 0.15) is 309 Å². The number of carbonyl (C=O) groups excluding carboxylic acids is 1. The largest absolute Gasteiger partial charge is 0.472 e. The Morgan fingerprint density at radius 2 is 0.779 bits per heavy atom. The topological polar surface area (TPSA) is 105 Å². The fraction of sp³-hybridized carbons (Fsp3) is 0.949. The van der Waals surface area contributed by atoms with E-state index in [2.05, 4.69) is 19.2 Å². The molecule has 3 N–H and O–H groups in total. The van der Waals surface area contributed by atoms with E-state index in [1.54, 1.807) is 6.08 Å². The average molecular weight is 985 g/mol. The fourth-order valence-corrected chi connectivity index (χ4v) is 10.0. The van der Waals surface area contributed by atoms with Gasteiger partial charge in [0, 0.05) is 6.42 Å². The molecule has 1 unspecified atom stereocenters. The predicted molar refractivity (Wildman–Crippen MR) is 295 cm³/mol. The molecule has 0 aliphatic rings. The lowest BCUT2D eigenvalue weighted by molar-refractivity contribution is -0.870. The third-order valence-corrected chi connectivity index (χ3v) is 15.0. The predicted octanol–water partition coefficient (Wildman–Crippen LogP) is 18.2. The van der Waals surface area contributed by atoms with Crippen molar-refractivity contribution in [1.29, 1.82) is 0 Å². The summed E-state index contributed by atoms with van der Waals surface area (Å²) in [7, 11) is 1.59. The molecule has 0 aromatic heterocycles. The Balaban J connectivity index is 3.86. The van der Waals surface area contributed by atoms with E-state index in [0.29, 0.717) is 17.4 Å². The Hall–Kier alpha value is -0.760. The SMILES string of the molecule is CCCCCCCCCCC/C=C/[C@@H](O)[C@H](COP(=O)(O)OCC[N+](C)(C)C)NC(=O)CCCCCCCCCCCCCCCCCCCCCCCCCCCCCCCCCCCCC. The number of nitrogens with one attached hydrogen (secondary N) is 1. The second-order valence-corrected chi connectivity index (χ2v) is 23.5. The maximum absolute atomic E-state index is 12.9. The molecule has 0 radical (unpaired) electrons. The number of unbranched alkanes of at least 4 members (excludes halogenated alkanes) is 43. The summed E-state index contributed by atoms with van der Waals surface area (Å²) >= 11 is 0. The van der Waals surface area contributed by atoms with Gasteiger partial charge in [0.25, 0.3) is 0 Å². The molecule has 1 amide bonds. The van der Waals surface area contributed by atoms with E-state index in [1.165, 1.54) is 250 Å². The fourth-order valence-electron chi connectivity index (χ4n) is 9.28. The van der Waals surface area contributed by atoms with Crippen molar-refractivity contribution in [2.45, 2.75) is 321 Å². The molecule has 0 fully saturated rings. The first-order valence-corrected chi connectivity index (χ1v) is 31.6. The molecule has 0 saturated carbocycles. The summed E-state index contributed by atoms with van der Waals surface area (Å²) in [5, 5.41) is 13.9. The Bertz CT molecular complexity index is 1120. The highest BCUT2D eigenvalue weighted by molar-refractivity contribution is 7.47. The second kappa shape index (κ2) is 51.2. The number of rotatable bonds is 56. The number of aliphatic hydroxyl groups is 1. The zero-order chi connectivity index (χ0) is 49.9. The third kappa shape index (κ3) is 53.0. The molecule has 0 spiro atoms. The number of hydrogen-bond acceptors (Lipinski definition) is 5. The highest BCUT2D eigenvalue weighted by Crippen LogP contribution is 2.43. The highest BCUT2D eigenvalue weighted by Gasteiger charge is 2.27. The molecule has 0 rings (SSSR count). The number of phosphoric acid groups is 1. The van der Waals surface area contributed by atoms with Gasteiger partial charge in [-0.1, -0.05) is 296 Å². The summed E-state index contributed by atoms with van der Waals surface area (Å²) in [5.41, 5.74) is 0. The number of allylic oxidation sites excluding steroid dienone is 1. The lowest BCUT2D eigenvalue weighted by Gasteiger charge is -2.25. The zero-order valence-electron chi connectivity index (χ0n) is 46.4. The average Bonchev–Trinajstić information content (AvgIpc) is 3.30. The van der Waals surface area contributed by atoms with Crippen LogP contribution in [0.4, 0.5) is 0 Å². The summed E-state index contributed by atoms with van der Waals surface area (Å²) in [4.78, 5) is 23.2. The van der Waals surface area contributed by atoms with Gasteiger partial charge in [-0.05, 0) is 19.3 Å². The van der Waals surface area contributed by atoms with Gasteiger partial charge in [0.15, 0.2) is 0 Å². The lowest BCUT2D eigenvalue weighted by Crippen LogP contribution is -2.45. The molecule has 8 nitrogen and oxygen atoms in total. The van der Waals surface area contributed by atoms with Crippen LogP contribution in [-0.4, -0.2) is 73.4 Å². The number of aliphatic hydroxyl groups excluding tert-OH is 1. The van der Waals surface area contributed by atoms with Gasteiger partial charge in [-0.2, -0.15) is 0 Å². The van der Waals surface area contributed by atoms with Crippen molar-refractivity contribution in [3.63, 3.8) is 0 Å². The molecule has 0 aliphatic carbocycles. The van der Waals surface area contributed by atoms with E-state index in [1.807, 2.05) is 27.2 Å². The van der Waals surface area contributed by atoms with E-state index in [9.17, 15) is 19.4 Å². The maximum Gasteiger partial charge on any atom is 0.472 e. The van der Waals surface area contributed by atoms with Crippen LogP contribution in [0.5, 0.6) is 0 Å². The Morgan fingerprint density at radius 3 is 1.09 bits per heavy atom. The van der Waals surface area contributed by atoms with Gasteiger partial charge < -0.3 is 19.8 Å². The van der Waals surface area contributed by atoms with Crippen molar-refractivity contribution in [1.82, 2.24) is 5.32 Å². The standard InChI is InChI=1S/C59H119N2O6P/c1-6-8-10-12-14-16-18-19-20-21-22-23-24-25-26-27-28-29-30-31-32-33-34-35-36-37-38-39-40-41-43-45-47-49-51-53-59(63)60-57(56-67-68(64,65)66-55-54-61(3,4)5)58(62)52-50-48-46-44-42-17-15-13-11-9-7-2/h50,52,57-58,62H,6-49,51,53-56H2,1-5H3,(H-,60,63,64,65)/p+1/b52-50+/t57-,58+/m0/s1. The normalized spacial score (nSPS) is 13.9. The van der Waals surface area contributed by atoms with Crippen LogP contribution in [0.2, 0.25) is 0 Å². The molecule has 9 heteroatoms. The van der Waals surface area contributed by atoms with Crippen molar-refractivity contribution < 1.29 is 32.9 Å². The molecule has 0 heterocycles. The van der Waals surface area contributed by atoms with Crippen LogP contribution < -0.4 is 5.32 Å². The smallest absolute Gasteiger partial charge is 0.387 e.